The Balaban J connectivity index is 0.000000324. The van der Waals surface area contributed by atoms with E-state index in [4.69, 9.17) is 5.11 Å². The van der Waals surface area contributed by atoms with Crippen LogP contribution in [0.4, 0.5) is 17.6 Å². The van der Waals surface area contributed by atoms with E-state index < -0.39 is 23.5 Å². The van der Waals surface area contributed by atoms with Gasteiger partial charge in [-0.05, 0) is 48.0 Å². The van der Waals surface area contributed by atoms with Crippen molar-refractivity contribution in [3.05, 3.63) is 113 Å². The van der Waals surface area contributed by atoms with E-state index in [9.17, 15) is 27.2 Å². The van der Waals surface area contributed by atoms with E-state index in [1.165, 1.54) is 24.3 Å². The standard InChI is InChI=1S/C20H15F4N2O.C7H6O2.K/c21-15-9-13-7-8-26(11-12-1-3-14(4-2-12)20(22,23)24)18(13)17(10-15)19(27)25-16-5-6-16;8-7(9)6-4-2-1-3-5-6;/h1-4,7-10H,5-6,11H2,(H,25,27);1-5H,(H,8,9);/q-1;;+1. The van der Waals surface area contributed by atoms with Crippen molar-refractivity contribution < 1.29 is 83.6 Å². The van der Waals surface area contributed by atoms with Crippen molar-refractivity contribution in [3.8, 4) is 0 Å². The van der Waals surface area contributed by atoms with Gasteiger partial charge in [-0.3, -0.25) is 4.79 Å². The first-order valence-electron chi connectivity index (χ1n) is 11.0. The summed E-state index contributed by atoms with van der Waals surface area (Å²) in [5, 5.41) is 11.7. The third-order valence-electron chi connectivity index (χ3n) is 5.52. The van der Waals surface area contributed by atoms with Crippen LogP contribution in [0.1, 0.15) is 44.7 Å². The van der Waals surface area contributed by atoms with Crippen molar-refractivity contribution in [2.45, 2.75) is 25.6 Å². The summed E-state index contributed by atoms with van der Waals surface area (Å²) in [4.78, 5) is 22.7. The number of carboxylic acids is 1. The third-order valence-corrected chi connectivity index (χ3v) is 5.52. The second-order valence-electron chi connectivity index (χ2n) is 8.26. The molecule has 0 bridgehead atoms. The van der Waals surface area contributed by atoms with Gasteiger partial charge >= 0.3 is 63.5 Å². The molecular weight excluding hydrogens is 515 g/mol. The monoisotopic (exact) mass is 536 g/mol. The minimum atomic E-state index is -4.39. The van der Waals surface area contributed by atoms with Crippen molar-refractivity contribution in [1.29, 1.82) is 0 Å². The molecule has 1 aliphatic rings. The van der Waals surface area contributed by atoms with Crippen LogP contribution in [0.3, 0.4) is 0 Å². The summed E-state index contributed by atoms with van der Waals surface area (Å²) in [6.45, 7) is 0.268. The first-order valence-corrected chi connectivity index (χ1v) is 11.0. The van der Waals surface area contributed by atoms with E-state index in [1.54, 1.807) is 47.2 Å². The van der Waals surface area contributed by atoms with Gasteiger partial charge < -0.3 is 15.0 Å². The zero-order valence-corrected chi connectivity index (χ0v) is 23.0. The molecule has 1 aromatic heterocycles. The van der Waals surface area contributed by atoms with Crippen LogP contribution in [-0.4, -0.2) is 21.6 Å². The zero-order valence-electron chi connectivity index (χ0n) is 19.8. The summed E-state index contributed by atoms with van der Waals surface area (Å²) in [7, 11) is 0. The Labute approximate surface area is 252 Å². The maximum absolute atomic E-state index is 13.9. The molecule has 0 atom stereocenters. The van der Waals surface area contributed by atoms with Crippen LogP contribution >= 0.6 is 0 Å². The number of carboxylic acid groups (broad SMARTS) is 1. The fourth-order valence-electron chi connectivity index (χ4n) is 3.61. The predicted octanol–water partition coefficient (Wildman–Crippen LogP) is 3.29. The fourth-order valence-corrected chi connectivity index (χ4v) is 3.61. The van der Waals surface area contributed by atoms with E-state index in [0.29, 0.717) is 22.0 Å². The Bertz CT molecular complexity index is 1380. The zero-order chi connectivity index (χ0) is 25.9. The van der Waals surface area contributed by atoms with Crippen molar-refractivity contribution >= 4 is 22.8 Å². The molecule has 1 aliphatic carbocycles. The Hall–Kier alpha value is -2.50. The summed E-state index contributed by atoms with van der Waals surface area (Å²) in [5.41, 5.74) is 1.02. The molecule has 0 aliphatic heterocycles. The molecule has 5 nitrogen and oxygen atoms in total. The summed E-state index contributed by atoms with van der Waals surface area (Å²) < 4.78 is 53.8. The second kappa shape index (κ2) is 12.4. The molecule has 0 unspecified atom stereocenters. The third kappa shape index (κ3) is 7.75. The Morgan fingerprint density at radius 2 is 1.62 bits per heavy atom. The number of nitrogens with zero attached hydrogens (tertiary/aromatic N) is 1. The number of benzene rings is 3. The number of hydrogen-bond donors (Lipinski definition) is 2. The molecule has 2 N–H and O–H groups in total. The molecule has 10 heteroatoms. The topological polar surface area (TPSA) is 71.3 Å². The van der Waals surface area contributed by atoms with E-state index in [1.807, 2.05) is 0 Å². The van der Waals surface area contributed by atoms with E-state index in [2.05, 4.69) is 5.32 Å². The molecule has 3 aromatic carbocycles. The number of amides is 1. The number of aromatic carboxylic acids is 1. The maximum Gasteiger partial charge on any atom is 1.00 e. The molecule has 4 aromatic rings. The van der Waals surface area contributed by atoms with Gasteiger partial charge in [0.2, 0.25) is 5.91 Å². The quantitative estimate of drug-likeness (QED) is 0.234. The first kappa shape index (κ1) is 29.1. The van der Waals surface area contributed by atoms with Gasteiger partial charge in [0.05, 0.1) is 22.2 Å². The number of alkyl halides is 3. The summed E-state index contributed by atoms with van der Waals surface area (Å²) in [6.07, 6.45) is -1.03. The largest absolute Gasteiger partial charge is 1.00 e. The van der Waals surface area contributed by atoms with Crippen molar-refractivity contribution in [3.63, 3.8) is 0 Å². The Kier molecular flexibility index (Phi) is 9.71. The number of carbonyl (C=O) groups is 2. The van der Waals surface area contributed by atoms with Crippen LogP contribution in [0.5, 0.6) is 0 Å². The van der Waals surface area contributed by atoms with Gasteiger partial charge in [0.25, 0.3) is 0 Å². The molecule has 5 rings (SSSR count). The number of aromatic nitrogens is 1. The van der Waals surface area contributed by atoms with Gasteiger partial charge in [-0.25, -0.2) is 15.2 Å². The molecule has 1 saturated carbocycles. The molecule has 0 saturated heterocycles. The predicted molar refractivity (Wildman–Crippen MR) is 126 cm³/mol. The second-order valence-corrected chi connectivity index (χ2v) is 8.26. The molecule has 1 heterocycles. The van der Waals surface area contributed by atoms with Crippen molar-refractivity contribution in [2.75, 3.05) is 0 Å². The van der Waals surface area contributed by atoms with Crippen LogP contribution in [-0.2, 0) is 12.7 Å². The molecule has 186 valence electrons. The van der Waals surface area contributed by atoms with Crippen LogP contribution < -0.4 is 56.7 Å². The van der Waals surface area contributed by atoms with Crippen molar-refractivity contribution in [2.24, 2.45) is 0 Å². The van der Waals surface area contributed by atoms with Crippen LogP contribution in [0.2, 0.25) is 0 Å². The van der Waals surface area contributed by atoms with Gasteiger partial charge in [0.15, 0.2) is 0 Å². The SMILES string of the molecule is O=C(N[C-]1CC1)c1cc(F)cc2ccn(Cc3ccc(C(F)(F)F)cc3)c12.O=C(O)c1ccccc1.[K+]. The van der Waals surface area contributed by atoms with E-state index >= 15 is 0 Å². The number of halogens is 4. The fraction of sp³-hybridized carbons (Fsp3) is 0.148. The number of carbonyl (C=O) groups excluding carboxylic acids is 1. The van der Waals surface area contributed by atoms with Gasteiger partial charge in [-0.1, -0.05) is 30.3 Å². The Morgan fingerprint density at radius 1 is 0.973 bits per heavy atom. The van der Waals surface area contributed by atoms with E-state index in [0.717, 1.165) is 31.0 Å². The van der Waals surface area contributed by atoms with Gasteiger partial charge in [-0.2, -0.15) is 26.0 Å². The summed E-state index contributed by atoms with van der Waals surface area (Å²) in [5.74, 6) is -1.77. The van der Waals surface area contributed by atoms with Crippen LogP contribution in [0.15, 0.2) is 79.0 Å². The molecule has 1 amide bonds. The van der Waals surface area contributed by atoms with Crippen molar-refractivity contribution in [1.82, 2.24) is 9.88 Å². The Morgan fingerprint density at radius 3 is 2.16 bits per heavy atom. The number of nitrogens with one attached hydrogen (secondary N) is 1. The number of fused-ring (bicyclic) bond motifs is 1. The van der Waals surface area contributed by atoms with Gasteiger partial charge in [0.1, 0.15) is 5.82 Å². The molecule has 0 radical (unpaired) electrons. The molecule has 1 fully saturated rings. The number of hydrogen-bond acceptors (Lipinski definition) is 2. The number of rotatable bonds is 5. The minimum Gasteiger partial charge on any atom is -0.499 e. The summed E-state index contributed by atoms with van der Waals surface area (Å²) in [6, 6.07) is 18.3. The van der Waals surface area contributed by atoms with Crippen LogP contribution in [0, 0.1) is 11.9 Å². The maximum atomic E-state index is 13.9. The molecular formula is C27H21F4KN2O3. The molecule has 37 heavy (non-hydrogen) atoms. The van der Waals surface area contributed by atoms with Crippen LogP contribution in [0.25, 0.3) is 10.9 Å². The van der Waals surface area contributed by atoms with Gasteiger partial charge in [-0.15, -0.1) is 0 Å². The van der Waals surface area contributed by atoms with Gasteiger partial charge in [0, 0.05) is 18.1 Å². The summed E-state index contributed by atoms with van der Waals surface area (Å²) >= 11 is 0. The minimum absolute atomic E-state index is 0. The van der Waals surface area contributed by atoms with E-state index in [-0.39, 0.29) is 69.4 Å². The molecule has 0 spiro atoms. The smallest absolute Gasteiger partial charge is 0.499 e. The normalized spacial score (nSPS) is 12.8. The first-order chi connectivity index (χ1) is 17.1. The average molecular weight is 537 g/mol. The average Bonchev–Trinajstić information content (AvgIpc) is 3.57.